The highest BCUT2D eigenvalue weighted by atomic mass is 35.5. The third-order valence-electron chi connectivity index (χ3n) is 7.24. The molecule has 0 bridgehead atoms. The minimum absolute atomic E-state index is 0.347. The van der Waals surface area contributed by atoms with E-state index < -0.39 is 10.0 Å². The summed E-state index contributed by atoms with van der Waals surface area (Å²) in [7, 11) is -3.10. The Kier molecular flexibility index (Phi) is 6.33. The second-order valence-electron chi connectivity index (χ2n) is 9.45. The zero-order valence-electron chi connectivity index (χ0n) is 18.8. The van der Waals surface area contributed by atoms with Crippen LogP contribution in [0.5, 0.6) is 0 Å². The van der Waals surface area contributed by atoms with Gasteiger partial charge in [-0.3, -0.25) is 0 Å². The molecular formula is C24H30ClN5O2S. The lowest BCUT2D eigenvalue weighted by molar-refractivity contribution is 0.161. The number of rotatable bonds is 5. The molecule has 0 radical (unpaired) electrons. The molecule has 2 fully saturated rings. The molecule has 1 aliphatic heterocycles. The molecule has 0 spiro atoms. The molecule has 1 saturated carbocycles. The highest BCUT2D eigenvalue weighted by Gasteiger charge is 2.33. The Bertz CT molecular complexity index is 1240. The molecule has 3 aromatic heterocycles. The number of aromatic nitrogens is 3. The van der Waals surface area contributed by atoms with Gasteiger partial charge in [-0.15, -0.1) is 0 Å². The fourth-order valence-corrected chi connectivity index (χ4v) is 6.66. The maximum atomic E-state index is 12.0. The number of aromatic amines is 1. The first kappa shape index (κ1) is 22.6. The van der Waals surface area contributed by atoms with Crippen molar-refractivity contribution < 1.29 is 8.42 Å². The molecule has 9 heteroatoms. The van der Waals surface area contributed by atoms with Crippen LogP contribution in [0.2, 0.25) is 5.15 Å². The minimum Gasteiger partial charge on any atom is -0.367 e. The van der Waals surface area contributed by atoms with Crippen molar-refractivity contribution in [2.24, 2.45) is 11.8 Å². The Morgan fingerprint density at radius 1 is 1.15 bits per heavy atom. The van der Waals surface area contributed by atoms with Gasteiger partial charge in [0.2, 0.25) is 10.0 Å². The van der Waals surface area contributed by atoms with Crippen LogP contribution < -0.4 is 5.32 Å². The van der Waals surface area contributed by atoms with Crippen molar-refractivity contribution in [3.63, 3.8) is 0 Å². The monoisotopic (exact) mass is 487 g/mol. The van der Waals surface area contributed by atoms with Crippen molar-refractivity contribution in [3.8, 4) is 11.1 Å². The Balaban J connectivity index is 1.24. The van der Waals surface area contributed by atoms with E-state index in [2.05, 4.69) is 26.3 Å². The molecule has 1 unspecified atom stereocenters. The topological polar surface area (TPSA) is 91.0 Å². The zero-order chi connectivity index (χ0) is 23.0. The van der Waals surface area contributed by atoms with E-state index in [1.54, 1.807) is 10.5 Å². The molecule has 1 aliphatic carbocycles. The van der Waals surface area contributed by atoms with Gasteiger partial charge in [-0.25, -0.2) is 22.7 Å². The summed E-state index contributed by atoms with van der Waals surface area (Å²) in [4.78, 5) is 12.1. The summed E-state index contributed by atoms with van der Waals surface area (Å²) in [5, 5.41) is 5.12. The number of H-pyrrole nitrogens is 1. The summed E-state index contributed by atoms with van der Waals surface area (Å²) in [5.41, 5.74) is 2.92. The quantitative estimate of drug-likeness (QED) is 0.498. The molecule has 1 atom stereocenters. The number of pyridine rings is 2. The van der Waals surface area contributed by atoms with E-state index in [0.29, 0.717) is 36.1 Å². The number of fused-ring (bicyclic) bond motifs is 1. The predicted molar refractivity (Wildman–Crippen MR) is 133 cm³/mol. The van der Waals surface area contributed by atoms with Crippen LogP contribution in [0.15, 0.2) is 36.7 Å². The smallest absolute Gasteiger partial charge is 0.211 e. The van der Waals surface area contributed by atoms with Gasteiger partial charge >= 0.3 is 0 Å². The number of hydrogen-bond donors (Lipinski definition) is 2. The van der Waals surface area contributed by atoms with E-state index in [9.17, 15) is 8.42 Å². The molecule has 0 aromatic carbocycles. The minimum atomic E-state index is -3.10. The fourth-order valence-electron chi connectivity index (χ4n) is 5.53. The van der Waals surface area contributed by atoms with Gasteiger partial charge in [-0.05, 0) is 80.2 Å². The highest BCUT2D eigenvalue weighted by molar-refractivity contribution is 7.88. The van der Waals surface area contributed by atoms with E-state index in [-0.39, 0.29) is 0 Å². The first-order valence-corrected chi connectivity index (χ1v) is 13.9. The molecule has 176 valence electrons. The molecule has 4 heterocycles. The number of halogens is 1. The number of piperidine rings is 1. The van der Waals surface area contributed by atoms with Gasteiger partial charge in [0.1, 0.15) is 16.6 Å². The normalized spacial score (nSPS) is 24.7. The van der Waals surface area contributed by atoms with E-state index in [4.69, 9.17) is 11.6 Å². The van der Waals surface area contributed by atoms with Crippen molar-refractivity contribution in [2.45, 2.75) is 44.6 Å². The average Bonchev–Trinajstić information content (AvgIpc) is 3.23. The van der Waals surface area contributed by atoms with Gasteiger partial charge in [0, 0.05) is 42.5 Å². The van der Waals surface area contributed by atoms with Crippen molar-refractivity contribution in [2.75, 3.05) is 24.7 Å². The summed E-state index contributed by atoms with van der Waals surface area (Å²) in [5.74, 6) is 1.86. The standard InChI is InChI=1S/C24H30ClN5O2S/c1-33(31,32)30-11-3-4-17(15-30)16-6-8-19(9-7-16)28-23-13-18(12-22(25)29-23)21-14-27-24-20(21)5-2-10-26-24/h2,5,10,12-14,16-17,19H,3-4,6-9,11,15H2,1H3,(H,26,27)(H,28,29). The van der Waals surface area contributed by atoms with Gasteiger partial charge in [0.15, 0.2) is 0 Å². The highest BCUT2D eigenvalue weighted by Crippen LogP contribution is 2.37. The molecule has 0 amide bonds. The van der Waals surface area contributed by atoms with Crippen LogP contribution in [0.3, 0.4) is 0 Å². The first-order valence-electron chi connectivity index (χ1n) is 11.7. The summed E-state index contributed by atoms with van der Waals surface area (Å²) < 4.78 is 25.6. The summed E-state index contributed by atoms with van der Waals surface area (Å²) in [6, 6.07) is 8.27. The van der Waals surface area contributed by atoms with Crippen LogP contribution in [0.4, 0.5) is 5.82 Å². The largest absolute Gasteiger partial charge is 0.367 e. The SMILES string of the molecule is CS(=O)(=O)N1CCCC(C2CCC(Nc3cc(-c4c[nH]c5ncccc45)cc(Cl)n3)CC2)C1. The molecule has 2 aliphatic rings. The van der Waals surface area contributed by atoms with Gasteiger partial charge in [-0.2, -0.15) is 0 Å². The number of nitrogens with one attached hydrogen (secondary N) is 2. The van der Waals surface area contributed by atoms with E-state index >= 15 is 0 Å². The van der Waals surface area contributed by atoms with Crippen molar-refractivity contribution in [1.82, 2.24) is 19.3 Å². The summed E-state index contributed by atoms with van der Waals surface area (Å²) in [6.45, 7) is 1.35. The molecule has 3 aromatic rings. The summed E-state index contributed by atoms with van der Waals surface area (Å²) >= 11 is 6.38. The number of anilines is 1. The van der Waals surface area contributed by atoms with Crippen LogP contribution in [-0.4, -0.2) is 53.1 Å². The molecule has 2 N–H and O–H groups in total. The molecule has 33 heavy (non-hydrogen) atoms. The second kappa shape index (κ2) is 9.24. The van der Waals surface area contributed by atoms with Crippen molar-refractivity contribution in [3.05, 3.63) is 41.8 Å². The predicted octanol–water partition coefficient (Wildman–Crippen LogP) is 4.92. The third kappa shape index (κ3) is 5.03. The van der Waals surface area contributed by atoms with Gasteiger partial charge < -0.3 is 10.3 Å². The first-order chi connectivity index (χ1) is 15.9. The Morgan fingerprint density at radius 2 is 1.97 bits per heavy atom. The molecule has 7 nitrogen and oxygen atoms in total. The average molecular weight is 488 g/mol. The van der Waals surface area contributed by atoms with Crippen LogP contribution in [0, 0.1) is 11.8 Å². The third-order valence-corrected chi connectivity index (χ3v) is 8.70. The molecule has 5 rings (SSSR count). The lowest BCUT2D eigenvalue weighted by Gasteiger charge is -2.39. The summed E-state index contributed by atoms with van der Waals surface area (Å²) in [6.07, 6.45) is 11.5. The van der Waals surface area contributed by atoms with Gasteiger partial charge in [0.05, 0.1) is 6.26 Å². The zero-order valence-corrected chi connectivity index (χ0v) is 20.4. The van der Waals surface area contributed by atoms with Crippen molar-refractivity contribution in [1.29, 1.82) is 0 Å². The van der Waals surface area contributed by atoms with Crippen molar-refractivity contribution >= 4 is 38.5 Å². The maximum Gasteiger partial charge on any atom is 0.211 e. The Labute approximate surface area is 200 Å². The lowest BCUT2D eigenvalue weighted by atomic mass is 9.75. The van der Waals surface area contributed by atoms with Gasteiger partial charge in [-0.1, -0.05) is 11.6 Å². The second-order valence-corrected chi connectivity index (χ2v) is 11.8. The van der Waals surface area contributed by atoms with Crippen LogP contribution >= 0.6 is 11.6 Å². The van der Waals surface area contributed by atoms with E-state index in [1.165, 1.54) is 6.26 Å². The maximum absolute atomic E-state index is 12.0. The number of sulfonamides is 1. The van der Waals surface area contributed by atoms with E-state index in [0.717, 1.165) is 66.5 Å². The molecule has 1 saturated heterocycles. The van der Waals surface area contributed by atoms with Crippen LogP contribution in [0.25, 0.3) is 22.2 Å². The number of hydrogen-bond acceptors (Lipinski definition) is 5. The Hall–Kier alpha value is -2.16. The van der Waals surface area contributed by atoms with Crippen LogP contribution in [-0.2, 0) is 10.0 Å². The van der Waals surface area contributed by atoms with E-state index in [1.807, 2.05) is 24.4 Å². The van der Waals surface area contributed by atoms with Gasteiger partial charge in [0.25, 0.3) is 0 Å². The Morgan fingerprint density at radius 3 is 2.76 bits per heavy atom. The van der Waals surface area contributed by atoms with Crippen LogP contribution in [0.1, 0.15) is 38.5 Å². The number of nitrogens with zero attached hydrogens (tertiary/aromatic N) is 3. The lowest BCUT2D eigenvalue weighted by Crippen LogP contribution is -2.42. The molecular weight excluding hydrogens is 458 g/mol. The fraction of sp³-hybridized carbons (Fsp3) is 0.500.